The molecule has 2 rings (SSSR count). The summed E-state index contributed by atoms with van der Waals surface area (Å²) < 4.78 is 5.30. The maximum atomic E-state index is 10.8. The molecule has 16 heavy (non-hydrogen) atoms. The Morgan fingerprint density at radius 2 is 2.25 bits per heavy atom. The minimum Gasteiger partial charge on any atom is -0.476 e. The van der Waals surface area contributed by atoms with Gasteiger partial charge in [0.05, 0.1) is 0 Å². The number of aromatic nitrogens is 2. The van der Waals surface area contributed by atoms with Crippen molar-refractivity contribution >= 4 is 17.3 Å². The van der Waals surface area contributed by atoms with Crippen molar-refractivity contribution in [3.63, 3.8) is 0 Å². The van der Waals surface area contributed by atoms with Gasteiger partial charge in [-0.3, -0.25) is 0 Å². The molecule has 0 aliphatic carbocycles. The van der Waals surface area contributed by atoms with E-state index in [1.165, 1.54) is 23.7 Å². The van der Waals surface area contributed by atoms with Crippen LogP contribution in [0, 0.1) is 0 Å². The topological polar surface area (TPSA) is 72.3 Å². The molecule has 0 saturated carbocycles. The van der Waals surface area contributed by atoms with Gasteiger partial charge in [0.1, 0.15) is 6.61 Å². The van der Waals surface area contributed by atoms with Crippen LogP contribution in [0.5, 0.6) is 5.88 Å². The summed E-state index contributed by atoms with van der Waals surface area (Å²) in [6.07, 6.45) is 2.72. The van der Waals surface area contributed by atoms with Gasteiger partial charge in [0.2, 0.25) is 11.6 Å². The Morgan fingerprint density at radius 1 is 1.44 bits per heavy atom. The van der Waals surface area contributed by atoms with Gasteiger partial charge in [-0.1, -0.05) is 6.07 Å². The summed E-state index contributed by atoms with van der Waals surface area (Å²) in [7, 11) is 0. The van der Waals surface area contributed by atoms with Gasteiger partial charge >= 0.3 is 5.97 Å². The van der Waals surface area contributed by atoms with Crippen LogP contribution in [0.25, 0.3) is 0 Å². The molecule has 0 aliphatic rings. The van der Waals surface area contributed by atoms with Crippen molar-refractivity contribution in [1.29, 1.82) is 0 Å². The third kappa shape index (κ3) is 2.34. The monoisotopic (exact) mass is 236 g/mol. The summed E-state index contributed by atoms with van der Waals surface area (Å²) in [4.78, 5) is 19.3. The molecule has 2 aromatic rings. The second kappa shape index (κ2) is 4.71. The van der Waals surface area contributed by atoms with Gasteiger partial charge < -0.3 is 9.84 Å². The lowest BCUT2D eigenvalue weighted by molar-refractivity contribution is 0.0683. The summed E-state index contributed by atoms with van der Waals surface area (Å²) in [6.45, 7) is 0.302. The van der Waals surface area contributed by atoms with Gasteiger partial charge in [0.25, 0.3) is 0 Å². The van der Waals surface area contributed by atoms with Crippen molar-refractivity contribution in [3.8, 4) is 5.88 Å². The average molecular weight is 236 g/mol. The first-order valence-electron chi connectivity index (χ1n) is 4.47. The van der Waals surface area contributed by atoms with E-state index in [1.54, 1.807) is 0 Å². The quantitative estimate of drug-likeness (QED) is 0.876. The number of hydrogen-bond acceptors (Lipinski definition) is 5. The summed E-state index contributed by atoms with van der Waals surface area (Å²) in [6, 6.07) is 3.81. The van der Waals surface area contributed by atoms with Crippen molar-refractivity contribution < 1.29 is 14.6 Å². The van der Waals surface area contributed by atoms with Gasteiger partial charge in [-0.15, -0.1) is 11.3 Å². The Morgan fingerprint density at radius 3 is 2.94 bits per heavy atom. The molecule has 0 bridgehead atoms. The van der Waals surface area contributed by atoms with E-state index in [9.17, 15) is 4.79 Å². The molecular weight excluding hydrogens is 228 g/mol. The molecule has 0 fully saturated rings. The molecule has 0 aromatic carbocycles. The van der Waals surface area contributed by atoms with Gasteiger partial charge in [0, 0.05) is 17.3 Å². The highest BCUT2D eigenvalue weighted by Gasteiger charge is 2.13. The first kappa shape index (κ1) is 10.6. The van der Waals surface area contributed by atoms with Crippen LogP contribution in [-0.4, -0.2) is 21.0 Å². The largest absolute Gasteiger partial charge is 0.476 e. The third-order valence-electron chi connectivity index (χ3n) is 1.80. The number of rotatable bonds is 4. The zero-order valence-corrected chi connectivity index (χ0v) is 8.98. The predicted molar refractivity (Wildman–Crippen MR) is 57.6 cm³/mol. The molecule has 5 nitrogen and oxygen atoms in total. The Bertz CT molecular complexity index is 485. The Hall–Kier alpha value is -1.95. The van der Waals surface area contributed by atoms with Crippen LogP contribution in [0.3, 0.4) is 0 Å². The van der Waals surface area contributed by atoms with Crippen LogP contribution in [0.4, 0.5) is 0 Å². The average Bonchev–Trinajstić information content (AvgIpc) is 2.79. The minimum absolute atomic E-state index is 0.0448. The maximum Gasteiger partial charge on any atom is 0.360 e. The van der Waals surface area contributed by atoms with E-state index < -0.39 is 5.97 Å². The van der Waals surface area contributed by atoms with Crippen molar-refractivity contribution in [1.82, 2.24) is 9.97 Å². The molecule has 2 aromatic heterocycles. The van der Waals surface area contributed by atoms with Crippen molar-refractivity contribution in [2.24, 2.45) is 0 Å². The zero-order valence-electron chi connectivity index (χ0n) is 8.16. The van der Waals surface area contributed by atoms with E-state index in [0.29, 0.717) is 6.61 Å². The summed E-state index contributed by atoms with van der Waals surface area (Å²) in [5, 5.41) is 10.8. The normalized spacial score (nSPS) is 10.0. The van der Waals surface area contributed by atoms with Crippen LogP contribution in [0.2, 0.25) is 0 Å². The molecule has 0 radical (unpaired) electrons. The highest BCUT2D eigenvalue weighted by molar-refractivity contribution is 7.09. The lowest BCUT2D eigenvalue weighted by Gasteiger charge is -2.04. The Labute approximate surface area is 95.4 Å². The molecule has 6 heteroatoms. The Balaban J connectivity index is 2.12. The lowest BCUT2D eigenvalue weighted by Crippen LogP contribution is -2.06. The van der Waals surface area contributed by atoms with Gasteiger partial charge in [0.15, 0.2) is 0 Å². The van der Waals surface area contributed by atoms with Crippen LogP contribution in [-0.2, 0) is 6.61 Å². The maximum absolute atomic E-state index is 10.8. The van der Waals surface area contributed by atoms with Crippen LogP contribution in [0.15, 0.2) is 29.9 Å². The van der Waals surface area contributed by atoms with Gasteiger partial charge in [-0.05, 0) is 11.4 Å². The molecule has 0 aliphatic heterocycles. The van der Waals surface area contributed by atoms with E-state index in [-0.39, 0.29) is 11.6 Å². The second-order valence-corrected chi connectivity index (χ2v) is 3.92. The number of aromatic carboxylic acids is 1. The summed E-state index contributed by atoms with van der Waals surface area (Å²) in [5.41, 5.74) is -0.168. The third-order valence-corrected chi connectivity index (χ3v) is 2.65. The molecule has 0 spiro atoms. The van der Waals surface area contributed by atoms with E-state index in [0.717, 1.165) is 4.88 Å². The van der Waals surface area contributed by atoms with E-state index in [2.05, 4.69) is 9.97 Å². The molecule has 0 atom stereocenters. The highest BCUT2D eigenvalue weighted by atomic mass is 32.1. The van der Waals surface area contributed by atoms with Crippen molar-refractivity contribution in [2.45, 2.75) is 6.61 Å². The number of carboxylic acid groups (broad SMARTS) is 1. The SMILES string of the molecule is O=C(O)c1nccnc1OCc1cccs1. The van der Waals surface area contributed by atoms with Gasteiger partial charge in [-0.25, -0.2) is 14.8 Å². The predicted octanol–water partition coefficient (Wildman–Crippen LogP) is 1.82. The fourth-order valence-corrected chi connectivity index (χ4v) is 1.73. The number of ether oxygens (including phenoxy) is 1. The number of hydrogen-bond donors (Lipinski definition) is 1. The van der Waals surface area contributed by atoms with Crippen LogP contribution >= 0.6 is 11.3 Å². The zero-order chi connectivity index (χ0) is 11.4. The fraction of sp³-hybridized carbons (Fsp3) is 0.100. The number of nitrogens with zero attached hydrogens (tertiary/aromatic N) is 2. The van der Waals surface area contributed by atoms with E-state index in [1.807, 2.05) is 17.5 Å². The molecule has 2 heterocycles. The smallest absolute Gasteiger partial charge is 0.360 e. The molecule has 0 amide bonds. The number of thiophene rings is 1. The fourth-order valence-electron chi connectivity index (χ4n) is 1.11. The van der Waals surface area contributed by atoms with Crippen molar-refractivity contribution in [3.05, 3.63) is 40.5 Å². The summed E-state index contributed by atoms with van der Waals surface area (Å²) >= 11 is 1.54. The summed E-state index contributed by atoms with van der Waals surface area (Å²) in [5.74, 6) is -1.10. The van der Waals surface area contributed by atoms with Gasteiger partial charge in [-0.2, -0.15) is 0 Å². The van der Waals surface area contributed by atoms with Crippen molar-refractivity contribution in [2.75, 3.05) is 0 Å². The molecule has 1 N–H and O–H groups in total. The molecular formula is C10H8N2O3S. The highest BCUT2D eigenvalue weighted by Crippen LogP contribution is 2.15. The first-order valence-corrected chi connectivity index (χ1v) is 5.35. The molecule has 0 saturated heterocycles. The lowest BCUT2D eigenvalue weighted by atomic mass is 10.4. The van der Waals surface area contributed by atoms with Crippen LogP contribution < -0.4 is 4.74 Å². The van der Waals surface area contributed by atoms with E-state index >= 15 is 0 Å². The first-order chi connectivity index (χ1) is 7.77. The second-order valence-electron chi connectivity index (χ2n) is 2.88. The molecule has 82 valence electrons. The Kier molecular flexibility index (Phi) is 3.11. The standard InChI is InChI=1S/C10H8N2O3S/c13-10(14)8-9(12-4-3-11-8)15-6-7-2-1-5-16-7/h1-5H,6H2,(H,13,14). The minimum atomic E-state index is -1.14. The number of carbonyl (C=O) groups is 1. The molecule has 0 unspecified atom stereocenters. The van der Waals surface area contributed by atoms with Crippen LogP contribution in [0.1, 0.15) is 15.4 Å². The van der Waals surface area contributed by atoms with E-state index in [4.69, 9.17) is 9.84 Å². The number of carboxylic acids is 1.